The van der Waals surface area contributed by atoms with Crippen LogP contribution >= 0.6 is 0 Å². The van der Waals surface area contributed by atoms with Crippen molar-refractivity contribution in [3.05, 3.63) is 35.9 Å². The number of unbranched alkanes of at least 4 members (excludes halogenated alkanes) is 3. The van der Waals surface area contributed by atoms with Crippen LogP contribution in [0.4, 0.5) is 4.79 Å². The Morgan fingerprint density at radius 3 is 2.54 bits per heavy atom. The van der Waals surface area contributed by atoms with E-state index in [1.54, 1.807) is 0 Å². The van der Waals surface area contributed by atoms with Gasteiger partial charge in [-0.05, 0) is 45.6 Å². The first kappa shape index (κ1) is 18.5. The molecule has 0 heterocycles. The Hall–Kier alpha value is -1.84. The third-order valence-corrected chi connectivity index (χ3v) is 4.23. The Morgan fingerprint density at radius 1 is 1.21 bits per heavy atom. The van der Waals surface area contributed by atoms with Crippen molar-refractivity contribution in [1.29, 1.82) is 0 Å². The third-order valence-electron chi connectivity index (χ3n) is 4.23. The highest BCUT2D eigenvalue weighted by molar-refractivity contribution is 5.69. The fraction of sp³-hybridized carbons (Fsp3) is 0.600. The number of hydrogen-bond donors (Lipinski definition) is 0. The van der Waals surface area contributed by atoms with Gasteiger partial charge in [-0.2, -0.15) is 0 Å². The van der Waals surface area contributed by atoms with Crippen LogP contribution in [-0.4, -0.2) is 35.5 Å². The number of benzene rings is 1. The van der Waals surface area contributed by atoms with E-state index in [-0.39, 0.29) is 12.1 Å². The highest BCUT2D eigenvalue weighted by atomic mass is 16.6. The van der Waals surface area contributed by atoms with Gasteiger partial charge in [-0.25, -0.2) is 4.79 Å². The van der Waals surface area contributed by atoms with E-state index in [1.165, 1.54) is 5.56 Å². The number of aldehydes is 1. The summed E-state index contributed by atoms with van der Waals surface area (Å²) < 4.78 is 5.59. The molecule has 24 heavy (non-hydrogen) atoms. The van der Waals surface area contributed by atoms with Crippen molar-refractivity contribution in [1.82, 2.24) is 4.90 Å². The molecule has 132 valence electrons. The van der Waals surface area contributed by atoms with Gasteiger partial charge in [-0.3, -0.25) is 0 Å². The number of amides is 1. The second-order valence-electron chi connectivity index (χ2n) is 7.51. The topological polar surface area (TPSA) is 46.6 Å². The predicted molar refractivity (Wildman–Crippen MR) is 95.1 cm³/mol. The van der Waals surface area contributed by atoms with E-state index in [0.717, 1.165) is 32.0 Å². The average Bonchev–Trinajstić information content (AvgIpc) is 3.30. The lowest BCUT2D eigenvalue weighted by molar-refractivity contribution is -0.107. The standard InChI is InChI=1S/C20H29NO3/c1-20(2,3)24-19(23)21(13-9-4-5-10-14-22)18-15-17(18)16-11-7-6-8-12-16/h6-8,11-12,14,17-18H,4-5,9-10,13,15H2,1-3H3/t17-,18+/m0/s1. The van der Waals surface area contributed by atoms with Crippen LogP contribution in [0.2, 0.25) is 0 Å². The zero-order chi connectivity index (χ0) is 17.6. The molecule has 4 heteroatoms. The first-order valence-corrected chi connectivity index (χ1v) is 8.90. The molecular formula is C20H29NO3. The van der Waals surface area contributed by atoms with Gasteiger partial charge in [0.05, 0.1) is 0 Å². The summed E-state index contributed by atoms with van der Waals surface area (Å²) in [6.07, 6.45) is 5.09. The largest absolute Gasteiger partial charge is 0.444 e. The van der Waals surface area contributed by atoms with Gasteiger partial charge in [0, 0.05) is 24.9 Å². The van der Waals surface area contributed by atoms with Gasteiger partial charge in [-0.1, -0.05) is 36.8 Å². The number of nitrogens with zero attached hydrogens (tertiary/aromatic N) is 1. The minimum absolute atomic E-state index is 0.221. The second-order valence-corrected chi connectivity index (χ2v) is 7.51. The third kappa shape index (κ3) is 5.66. The van der Waals surface area contributed by atoms with E-state index in [1.807, 2.05) is 43.9 Å². The molecule has 1 aromatic rings. The van der Waals surface area contributed by atoms with E-state index in [4.69, 9.17) is 4.74 Å². The Labute approximate surface area is 145 Å². The summed E-state index contributed by atoms with van der Waals surface area (Å²) in [4.78, 5) is 24.9. The van der Waals surface area contributed by atoms with Crippen molar-refractivity contribution >= 4 is 12.4 Å². The molecule has 0 spiro atoms. The van der Waals surface area contributed by atoms with Crippen LogP contribution < -0.4 is 0 Å². The average molecular weight is 331 g/mol. The van der Waals surface area contributed by atoms with Crippen molar-refractivity contribution in [2.24, 2.45) is 0 Å². The smallest absolute Gasteiger partial charge is 0.410 e. The normalized spacial score (nSPS) is 19.6. The van der Waals surface area contributed by atoms with Crippen molar-refractivity contribution in [3.63, 3.8) is 0 Å². The van der Waals surface area contributed by atoms with Gasteiger partial charge in [0.1, 0.15) is 11.9 Å². The lowest BCUT2D eigenvalue weighted by Crippen LogP contribution is -2.39. The van der Waals surface area contributed by atoms with Crippen LogP contribution in [0.25, 0.3) is 0 Å². The zero-order valence-corrected chi connectivity index (χ0v) is 15.0. The molecule has 1 amide bonds. The maximum Gasteiger partial charge on any atom is 0.410 e. The van der Waals surface area contributed by atoms with Crippen LogP contribution in [0.15, 0.2) is 30.3 Å². The molecule has 0 saturated heterocycles. The summed E-state index contributed by atoms with van der Waals surface area (Å²) in [7, 11) is 0. The first-order chi connectivity index (χ1) is 11.4. The van der Waals surface area contributed by atoms with Crippen LogP contribution in [-0.2, 0) is 9.53 Å². The Kier molecular flexibility index (Phi) is 6.41. The quantitative estimate of drug-likeness (QED) is 0.519. The van der Waals surface area contributed by atoms with Crippen LogP contribution in [0.5, 0.6) is 0 Å². The fourth-order valence-electron chi connectivity index (χ4n) is 2.98. The van der Waals surface area contributed by atoms with Gasteiger partial charge in [0.2, 0.25) is 0 Å². The van der Waals surface area contributed by atoms with Crippen LogP contribution in [0.3, 0.4) is 0 Å². The highest BCUT2D eigenvalue weighted by Gasteiger charge is 2.45. The summed E-state index contributed by atoms with van der Waals surface area (Å²) in [5.74, 6) is 0.411. The zero-order valence-electron chi connectivity index (χ0n) is 15.0. The molecule has 4 nitrogen and oxygen atoms in total. The van der Waals surface area contributed by atoms with Gasteiger partial charge >= 0.3 is 6.09 Å². The van der Waals surface area contributed by atoms with Gasteiger partial charge in [0.15, 0.2) is 0 Å². The molecule has 1 saturated carbocycles. The molecule has 0 unspecified atom stereocenters. The summed E-state index contributed by atoms with van der Waals surface area (Å²) >= 11 is 0. The lowest BCUT2D eigenvalue weighted by atomic mass is 10.1. The summed E-state index contributed by atoms with van der Waals surface area (Å²) in [6.45, 7) is 6.39. The molecule has 1 fully saturated rings. The molecule has 0 bridgehead atoms. The second kappa shape index (κ2) is 8.32. The monoisotopic (exact) mass is 331 g/mol. The van der Waals surface area contributed by atoms with Crippen molar-refractivity contribution in [3.8, 4) is 0 Å². The SMILES string of the molecule is CC(C)(C)OC(=O)N(CCCCCC=O)[C@@H]1C[C@H]1c1ccccc1. The molecular weight excluding hydrogens is 302 g/mol. The molecule has 0 N–H and O–H groups in total. The predicted octanol–water partition coefficient (Wildman–Crippen LogP) is 4.54. The highest BCUT2D eigenvalue weighted by Crippen LogP contribution is 2.45. The fourth-order valence-corrected chi connectivity index (χ4v) is 2.98. The first-order valence-electron chi connectivity index (χ1n) is 8.90. The van der Waals surface area contributed by atoms with Gasteiger partial charge < -0.3 is 14.4 Å². The molecule has 2 rings (SSSR count). The van der Waals surface area contributed by atoms with E-state index in [9.17, 15) is 9.59 Å². The van der Waals surface area contributed by atoms with Crippen LogP contribution in [0.1, 0.15) is 64.4 Å². The summed E-state index contributed by atoms with van der Waals surface area (Å²) in [5.41, 5.74) is 0.807. The minimum atomic E-state index is -0.482. The Morgan fingerprint density at radius 2 is 1.92 bits per heavy atom. The lowest BCUT2D eigenvalue weighted by Gasteiger charge is -2.28. The number of ether oxygens (including phenoxy) is 1. The maximum absolute atomic E-state index is 12.6. The number of carbonyl (C=O) groups excluding carboxylic acids is 2. The molecule has 2 atom stereocenters. The number of rotatable bonds is 8. The molecule has 1 aliphatic rings. The molecule has 1 aromatic carbocycles. The number of carbonyl (C=O) groups is 2. The van der Waals surface area contributed by atoms with E-state index >= 15 is 0 Å². The van der Waals surface area contributed by atoms with Gasteiger partial charge in [0.25, 0.3) is 0 Å². The Bertz CT molecular complexity index is 536. The van der Waals surface area contributed by atoms with Crippen molar-refractivity contribution in [2.45, 2.75) is 70.4 Å². The molecule has 1 aliphatic carbocycles. The van der Waals surface area contributed by atoms with Gasteiger partial charge in [-0.15, -0.1) is 0 Å². The van der Waals surface area contributed by atoms with E-state index < -0.39 is 5.60 Å². The summed E-state index contributed by atoms with van der Waals surface area (Å²) in [5, 5.41) is 0. The summed E-state index contributed by atoms with van der Waals surface area (Å²) in [6, 6.07) is 10.6. The Balaban J connectivity index is 1.95. The van der Waals surface area contributed by atoms with Crippen LogP contribution in [0, 0.1) is 0 Å². The van der Waals surface area contributed by atoms with E-state index in [2.05, 4.69) is 12.1 Å². The minimum Gasteiger partial charge on any atom is -0.444 e. The van der Waals surface area contributed by atoms with Crippen molar-refractivity contribution in [2.75, 3.05) is 6.54 Å². The van der Waals surface area contributed by atoms with Crippen molar-refractivity contribution < 1.29 is 14.3 Å². The number of hydrogen-bond acceptors (Lipinski definition) is 3. The molecule has 0 aromatic heterocycles. The maximum atomic E-state index is 12.6. The van der Waals surface area contributed by atoms with E-state index in [0.29, 0.717) is 18.9 Å². The molecule has 0 radical (unpaired) electrons. The molecule has 0 aliphatic heterocycles.